The van der Waals surface area contributed by atoms with Crippen LogP contribution < -0.4 is 18.9 Å². The molecule has 4 aromatic rings. The van der Waals surface area contributed by atoms with Gasteiger partial charge in [-0.2, -0.15) is 0 Å². The van der Waals surface area contributed by atoms with Crippen LogP contribution in [-0.2, 0) is 6.61 Å². The molecular weight excluding hydrogens is 372 g/mol. The van der Waals surface area contributed by atoms with Gasteiger partial charge >= 0.3 is 5.97 Å². The molecule has 3 aromatic carbocycles. The molecule has 0 unspecified atom stereocenters. The maximum absolute atomic E-state index is 12.9. The Labute approximate surface area is 166 Å². The molecule has 144 valence electrons. The molecular formula is C23H16O6. The van der Waals surface area contributed by atoms with E-state index in [0.29, 0.717) is 34.1 Å². The van der Waals surface area contributed by atoms with Crippen LogP contribution in [0.5, 0.6) is 23.0 Å². The van der Waals surface area contributed by atoms with Crippen molar-refractivity contribution in [3.8, 4) is 23.0 Å². The summed E-state index contributed by atoms with van der Waals surface area (Å²) < 4.78 is 27.8. The fourth-order valence-electron chi connectivity index (χ4n) is 3.17. The Morgan fingerprint density at radius 1 is 0.862 bits per heavy atom. The van der Waals surface area contributed by atoms with Crippen molar-refractivity contribution in [2.45, 2.75) is 6.61 Å². The lowest BCUT2D eigenvalue weighted by Crippen LogP contribution is -2.11. The number of para-hydroxylation sites is 2. The van der Waals surface area contributed by atoms with E-state index in [9.17, 15) is 4.79 Å². The standard InChI is InChI=1S/C23H16O6/c24-23(28-16-10-11-20-21(12-16)27-14-26-20)22-18(13-25-15-6-2-1-3-7-15)17-8-4-5-9-19(17)29-22/h1-12H,13-14H2. The minimum absolute atomic E-state index is 0.111. The van der Waals surface area contributed by atoms with Crippen LogP contribution in [0.3, 0.4) is 0 Å². The molecule has 0 bridgehead atoms. The highest BCUT2D eigenvalue weighted by atomic mass is 16.7. The van der Waals surface area contributed by atoms with E-state index < -0.39 is 5.97 Å². The number of benzene rings is 3. The zero-order valence-corrected chi connectivity index (χ0v) is 15.3. The topological polar surface area (TPSA) is 67.1 Å². The Balaban J connectivity index is 1.44. The summed E-state index contributed by atoms with van der Waals surface area (Å²) in [6.07, 6.45) is 0. The average molecular weight is 388 g/mol. The van der Waals surface area contributed by atoms with Gasteiger partial charge in [-0.1, -0.05) is 36.4 Å². The molecule has 0 saturated carbocycles. The Hall–Kier alpha value is -3.93. The van der Waals surface area contributed by atoms with E-state index in [4.69, 9.17) is 23.4 Å². The number of esters is 1. The first kappa shape index (κ1) is 17.2. The minimum atomic E-state index is -0.605. The van der Waals surface area contributed by atoms with Crippen LogP contribution in [0.4, 0.5) is 0 Å². The van der Waals surface area contributed by atoms with Gasteiger partial charge in [0.05, 0.1) is 5.56 Å². The van der Waals surface area contributed by atoms with E-state index in [1.807, 2.05) is 48.5 Å². The number of rotatable bonds is 5. The summed E-state index contributed by atoms with van der Waals surface area (Å²) in [5.41, 5.74) is 1.23. The number of fused-ring (bicyclic) bond motifs is 2. The second-order valence-electron chi connectivity index (χ2n) is 6.41. The summed E-state index contributed by atoms with van der Waals surface area (Å²) >= 11 is 0. The van der Waals surface area contributed by atoms with E-state index in [-0.39, 0.29) is 19.2 Å². The van der Waals surface area contributed by atoms with Gasteiger partial charge in [0.1, 0.15) is 23.7 Å². The van der Waals surface area contributed by atoms with Gasteiger partial charge in [0.15, 0.2) is 11.5 Å². The predicted octanol–water partition coefficient (Wildman–Crippen LogP) is 4.96. The molecule has 0 aliphatic carbocycles. The van der Waals surface area contributed by atoms with Crippen LogP contribution in [0.25, 0.3) is 11.0 Å². The number of ether oxygens (including phenoxy) is 4. The molecule has 0 fully saturated rings. The number of carbonyl (C=O) groups is 1. The summed E-state index contributed by atoms with van der Waals surface area (Å²) in [7, 11) is 0. The first-order valence-corrected chi connectivity index (χ1v) is 9.08. The minimum Gasteiger partial charge on any atom is -0.489 e. The lowest BCUT2D eigenvalue weighted by Gasteiger charge is -2.07. The van der Waals surface area contributed by atoms with Crippen molar-refractivity contribution in [3.63, 3.8) is 0 Å². The molecule has 0 radical (unpaired) electrons. The van der Waals surface area contributed by atoms with Crippen molar-refractivity contribution in [2.24, 2.45) is 0 Å². The van der Waals surface area contributed by atoms with Gasteiger partial charge in [-0.3, -0.25) is 0 Å². The van der Waals surface area contributed by atoms with Crippen molar-refractivity contribution < 1.29 is 28.2 Å². The van der Waals surface area contributed by atoms with Gasteiger partial charge in [0, 0.05) is 11.5 Å². The van der Waals surface area contributed by atoms with Gasteiger partial charge in [-0.15, -0.1) is 0 Å². The summed E-state index contributed by atoms with van der Waals surface area (Å²) in [5, 5.41) is 0.807. The molecule has 1 aliphatic rings. The highest BCUT2D eigenvalue weighted by Gasteiger charge is 2.24. The van der Waals surface area contributed by atoms with E-state index in [0.717, 1.165) is 5.39 Å². The number of carbonyl (C=O) groups excluding carboxylic acids is 1. The molecule has 0 N–H and O–H groups in total. The maximum Gasteiger partial charge on any atom is 0.380 e. The van der Waals surface area contributed by atoms with Crippen molar-refractivity contribution in [2.75, 3.05) is 6.79 Å². The Bertz CT molecular complexity index is 1180. The first-order chi connectivity index (χ1) is 14.3. The lowest BCUT2D eigenvalue weighted by atomic mass is 10.1. The maximum atomic E-state index is 12.9. The Kier molecular flexibility index (Phi) is 4.29. The molecule has 2 heterocycles. The van der Waals surface area contributed by atoms with Crippen molar-refractivity contribution in [1.29, 1.82) is 0 Å². The highest BCUT2D eigenvalue weighted by molar-refractivity contribution is 5.97. The molecule has 1 aliphatic heterocycles. The smallest absolute Gasteiger partial charge is 0.380 e. The molecule has 5 rings (SSSR count). The normalized spacial score (nSPS) is 12.1. The van der Waals surface area contributed by atoms with E-state index in [1.54, 1.807) is 24.3 Å². The van der Waals surface area contributed by atoms with Crippen LogP contribution in [0.15, 0.2) is 77.2 Å². The van der Waals surface area contributed by atoms with Crippen molar-refractivity contribution in [1.82, 2.24) is 0 Å². The molecule has 0 amide bonds. The zero-order chi connectivity index (χ0) is 19.6. The Morgan fingerprint density at radius 3 is 2.55 bits per heavy atom. The lowest BCUT2D eigenvalue weighted by molar-refractivity contribution is 0.0700. The zero-order valence-electron chi connectivity index (χ0n) is 15.3. The molecule has 6 nitrogen and oxygen atoms in total. The third kappa shape index (κ3) is 3.36. The van der Waals surface area contributed by atoms with E-state index in [2.05, 4.69) is 0 Å². The average Bonchev–Trinajstić information content (AvgIpc) is 3.37. The summed E-state index contributed by atoms with van der Waals surface area (Å²) in [6, 6.07) is 21.8. The molecule has 0 saturated heterocycles. The molecule has 1 aromatic heterocycles. The van der Waals surface area contributed by atoms with Crippen molar-refractivity contribution >= 4 is 16.9 Å². The van der Waals surface area contributed by atoms with Crippen LogP contribution in [0, 0.1) is 0 Å². The van der Waals surface area contributed by atoms with Crippen LogP contribution in [-0.4, -0.2) is 12.8 Å². The van der Waals surface area contributed by atoms with Gasteiger partial charge < -0.3 is 23.4 Å². The molecule has 0 atom stereocenters. The second kappa shape index (κ2) is 7.24. The molecule has 6 heteroatoms. The van der Waals surface area contributed by atoms with E-state index >= 15 is 0 Å². The van der Waals surface area contributed by atoms with Crippen LogP contribution in [0.1, 0.15) is 16.1 Å². The van der Waals surface area contributed by atoms with E-state index in [1.165, 1.54) is 0 Å². The van der Waals surface area contributed by atoms with Gasteiger partial charge in [-0.05, 0) is 30.3 Å². The van der Waals surface area contributed by atoms with Gasteiger partial charge in [-0.25, -0.2) is 4.79 Å². The Morgan fingerprint density at radius 2 is 1.66 bits per heavy atom. The summed E-state index contributed by atoms with van der Waals surface area (Å²) in [5.74, 6) is 1.70. The molecule has 0 spiro atoms. The first-order valence-electron chi connectivity index (χ1n) is 9.08. The van der Waals surface area contributed by atoms with Crippen LogP contribution in [0.2, 0.25) is 0 Å². The SMILES string of the molecule is O=C(Oc1ccc2c(c1)OCO2)c1oc2ccccc2c1COc1ccccc1. The quantitative estimate of drug-likeness (QED) is 0.356. The molecule has 29 heavy (non-hydrogen) atoms. The largest absolute Gasteiger partial charge is 0.489 e. The fourth-order valence-corrected chi connectivity index (χ4v) is 3.17. The number of hydrogen-bond acceptors (Lipinski definition) is 6. The van der Waals surface area contributed by atoms with Crippen LogP contribution >= 0.6 is 0 Å². The predicted molar refractivity (Wildman–Crippen MR) is 105 cm³/mol. The number of hydrogen-bond donors (Lipinski definition) is 0. The monoisotopic (exact) mass is 388 g/mol. The van der Waals surface area contributed by atoms with Gasteiger partial charge in [0.25, 0.3) is 0 Å². The second-order valence-corrected chi connectivity index (χ2v) is 6.41. The third-order valence-corrected chi connectivity index (χ3v) is 4.56. The van der Waals surface area contributed by atoms with Crippen molar-refractivity contribution in [3.05, 3.63) is 84.1 Å². The summed E-state index contributed by atoms with van der Waals surface area (Å²) in [6.45, 7) is 0.323. The third-order valence-electron chi connectivity index (χ3n) is 4.56. The summed E-state index contributed by atoms with van der Waals surface area (Å²) in [4.78, 5) is 12.9. The fraction of sp³-hybridized carbons (Fsp3) is 0.0870. The number of furan rings is 1. The van der Waals surface area contributed by atoms with Gasteiger partial charge in [0.2, 0.25) is 12.6 Å². The highest BCUT2D eigenvalue weighted by Crippen LogP contribution is 2.36.